The van der Waals surface area contributed by atoms with E-state index in [2.05, 4.69) is 16.9 Å². The molecule has 0 atom stereocenters. The minimum absolute atomic E-state index is 0. The van der Waals surface area contributed by atoms with E-state index < -0.39 is 11.2 Å². The fourth-order valence-corrected chi connectivity index (χ4v) is 2.28. The molecule has 0 amide bonds. The molecule has 0 saturated carbocycles. The SMILES string of the molecule is C.CC.CCCCCn1c(=S)[nH]c2c1c(=O)[nH]c(=O)n2C. The topological polar surface area (TPSA) is 75.6 Å². The lowest BCUT2D eigenvalue weighted by Crippen LogP contribution is -2.29. The normalized spacial score (nSPS) is 9.90. The number of rotatable bonds is 4. The third-order valence-corrected chi connectivity index (χ3v) is 3.35. The molecule has 0 aliphatic heterocycles. The number of hydrogen-bond acceptors (Lipinski definition) is 3. The van der Waals surface area contributed by atoms with Crippen LogP contribution < -0.4 is 11.2 Å². The van der Waals surface area contributed by atoms with Crippen LogP contribution in [0.1, 0.15) is 47.5 Å². The van der Waals surface area contributed by atoms with E-state index in [1.807, 2.05) is 13.8 Å². The number of H-pyrrole nitrogens is 2. The molecule has 21 heavy (non-hydrogen) atoms. The van der Waals surface area contributed by atoms with Gasteiger partial charge in [-0.1, -0.05) is 41.0 Å². The monoisotopic (exact) mass is 314 g/mol. The van der Waals surface area contributed by atoms with Gasteiger partial charge in [0.05, 0.1) is 0 Å². The smallest absolute Gasteiger partial charge is 0.316 e. The molecule has 120 valence electrons. The highest BCUT2D eigenvalue weighted by atomic mass is 32.1. The summed E-state index contributed by atoms with van der Waals surface area (Å²) in [7, 11) is 1.60. The van der Waals surface area contributed by atoms with Crippen LogP contribution in [0, 0.1) is 4.77 Å². The van der Waals surface area contributed by atoms with E-state index in [4.69, 9.17) is 12.2 Å². The number of nitrogens with zero attached hydrogens (tertiary/aromatic N) is 2. The number of imidazole rings is 1. The molecular weight excluding hydrogens is 288 g/mol. The highest BCUT2D eigenvalue weighted by Gasteiger charge is 2.11. The summed E-state index contributed by atoms with van der Waals surface area (Å²) in [6.45, 7) is 6.80. The number of aromatic amines is 2. The molecule has 0 radical (unpaired) electrons. The van der Waals surface area contributed by atoms with Gasteiger partial charge < -0.3 is 9.55 Å². The summed E-state index contributed by atoms with van der Waals surface area (Å²) < 4.78 is 3.61. The first kappa shape index (κ1) is 19.4. The van der Waals surface area contributed by atoms with Crippen molar-refractivity contribution in [1.29, 1.82) is 0 Å². The Bertz CT molecular complexity index is 736. The maximum Gasteiger partial charge on any atom is 0.329 e. The third kappa shape index (κ3) is 3.93. The number of aromatic nitrogens is 4. The van der Waals surface area contributed by atoms with Crippen LogP contribution in [-0.2, 0) is 13.6 Å². The number of fused-ring (bicyclic) bond motifs is 1. The first-order valence-corrected chi connectivity index (χ1v) is 7.39. The van der Waals surface area contributed by atoms with E-state index in [0.29, 0.717) is 22.5 Å². The summed E-state index contributed by atoms with van der Waals surface area (Å²) in [5.74, 6) is 0. The van der Waals surface area contributed by atoms with E-state index in [-0.39, 0.29) is 7.43 Å². The molecule has 2 aromatic heterocycles. The van der Waals surface area contributed by atoms with Crippen LogP contribution in [0.3, 0.4) is 0 Å². The first-order chi connectivity index (χ1) is 9.56. The van der Waals surface area contributed by atoms with E-state index in [9.17, 15) is 9.59 Å². The zero-order chi connectivity index (χ0) is 15.3. The van der Waals surface area contributed by atoms with Crippen molar-refractivity contribution >= 4 is 23.4 Å². The maximum atomic E-state index is 11.9. The molecule has 0 aromatic carbocycles. The summed E-state index contributed by atoms with van der Waals surface area (Å²) in [4.78, 5) is 28.6. The van der Waals surface area contributed by atoms with Gasteiger partial charge in [-0.25, -0.2) is 4.79 Å². The van der Waals surface area contributed by atoms with E-state index in [0.717, 1.165) is 19.3 Å². The summed E-state index contributed by atoms with van der Waals surface area (Å²) >= 11 is 5.20. The van der Waals surface area contributed by atoms with Gasteiger partial charge in [-0.2, -0.15) is 0 Å². The molecular formula is C14H26N4O2S. The lowest BCUT2D eigenvalue weighted by molar-refractivity contribution is 0.607. The fraction of sp³-hybridized carbons (Fsp3) is 0.643. The quantitative estimate of drug-likeness (QED) is 0.673. The molecule has 2 N–H and O–H groups in total. The molecule has 6 nitrogen and oxygen atoms in total. The van der Waals surface area contributed by atoms with E-state index in [1.54, 1.807) is 11.6 Å². The predicted octanol–water partition coefficient (Wildman–Crippen LogP) is 2.94. The highest BCUT2D eigenvalue weighted by molar-refractivity contribution is 7.71. The molecule has 2 heterocycles. The summed E-state index contributed by atoms with van der Waals surface area (Å²) in [5, 5.41) is 0. The second kappa shape index (κ2) is 8.61. The fourth-order valence-electron chi connectivity index (χ4n) is 2.01. The molecule has 2 aromatic rings. The minimum atomic E-state index is -0.440. The number of hydrogen-bond donors (Lipinski definition) is 2. The molecule has 0 fully saturated rings. The molecule has 0 aliphatic rings. The highest BCUT2D eigenvalue weighted by Crippen LogP contribution is 2.09. The van der Waals surface area contributed by atoms with Crippen molar-refractivity contribution in [2.75, 3.05) is 0 Å². The Labute approximate surface area is 129 Å². The second-order valence-corrected chi connectivity index (χ2v) is 4.69. The number of unbranched alkanes of at least 4 members (excludes halogenated alkanes) is 2. The standard InChI is InChI=1S/C11H16N4O2S.C2H6.CH4/c1-3-4-5-6-15-7-8(12-11(15)18)14(2)10(17)13-9(7)16;1-2;/h3-6H2,1-2H3,(H,12,18)(H,13,16,17);1-2H3;1H4. The Balaban J connectivity index is 0.00000128. The Hall–Kier alpha value is -1.63. The Morgan fingerprint density at radius 3 is 2.33 bits per heavy atom. The molecule has 0 unspecified atom stereocenters. The van der Waals surface area contributed by atoms with Crippen molar-refractivity contribution in [3.63, 3.8) is 0 Å². The van der Waals surface area contributed by atoms with Crippen LogP contribution in [-0.4, -0.2) is 19.1 Å². The van der Waals surface area contributed by atoms with E-state index >= 15 is 0 Å². The predicted molar refractivity (Wildman–Crippen MR) is 90.6 cm³/mol. The van der Waals surface area contributed by atoms with Gasteiger partial charge >= 0.3 is 5.69 Å². The van der Waals surface area contributed by atoms with Crippen LogP contribution >= 0.6 is 12.2 Å². The zero-order valence-electron chi connectivity index (χ0n) is 12.4. The van der Waals surface area contributed by atoms with Crippen molar-refractivity contribution < 1.29 is 0 Å². The van der Waals surface area contributed by atoms with Crippen LogP contribution in [0.4, 0.5) is 0 Å². The lowest BCUT2D eigenvalue weighted by atomic mass is 10.2. The lowest BCUT2D eigenvalue weighted by Gasteiger charge is -2.03. The van der Waals surface area contributed by atoms with Crippen molar-refractivity contribution in [3.05, 3.63) is 25.6 Å². The molecule has 0 saturated heterocycles. The van der Waals surface area contributed by atoms with Crippen molar-refractivity contribution in [2.24, 2.45) is 7.05 Å². The minimum Gasteiger partial charge on any atom is -0.316 e. The van der Waals surface area contributed by atoms with Gasteiger partial charge in [0, 0.05) is 13.6 Å². The number of aryl methyl sites for hydroxylation is 2. The zero-order valence-corrected chi connectivity index (χ0v) is 13.3. The Morgan fingerprint density at radius 1 is 1.14 bits per heavy atom. The molecule has 2 rings (SSSR count). The van der Waals surface area contributed by atoms with Gasteiger partial charge in [0.1, 0.15) is 5.65 Å². The van der Waals surface area contributed by atoms with Crippen molar-refractivity contribution in [2.45, 2.75) is 54.0 Å². The molecule has 0 aliphatic carbocycles. The average Bonchev–Trinajstić information content (AvgIpc) is 2.77. The summed E-state index contributed by atoms with van der Waals surface area (Å²) in [6.07, 6.45) is 3.14. The van der Waals surface area contributed by atoms with Gasteiger partial charge in [0.2, 0.25) is 0 Å². The van der Waals surface area contributed by atoms with Gasteiger partial charge in [-0.15, -0.1) is 0 Å². The van der Waals surface area contributed by atoms with E-state index in [1.165, 1.54) is 4.57 Å². The van der Waals surface area contributed by atoms with Gasteiger partial charge in [-0.05, 0) is 18.6 Å². The summed E-state index contributed by atoms with van der Waals surface area (Å²) in [5.41, 5.74) is 0.0878. The summed E-state index contributed by atoms with van der Waals surface area (Å²) in [6, 6.07) is 0. The first-order valence-electron chi connectivity index (χ1n) is 6.98. The van der Waals surface area contributed by atoms with Crippen LogP contribution in [0.25, 0.3) is 11.2 Å². The molecule has 7 heteroatoms. The van der Waals surface area contributed by atoms with Crippen LogP contribution in [0.15, 0.2) is 9.59 Å². The third-order valence-electron chi connectivity index (χ3n) is 3.03. The largest absolute Gasteiger partial charge is 0.329 e. The molecule has 0 bridgehead atoms. The van der Waals surface area contributed by atoms with Crippen molar-refractivity contribution in [1.82, 2.24) is 19.1 Å². The molecule has 0 spiro atoms. The van der Waals surface area contributed by atoms with Crippen LogP contribution in [0.2, 0.25) is 0 Å². The number of nitrogens with one attached hydrogen (secondary N) is 2. The van der Waals surface area contributed by atoms with Crippen molar-refractivity contribution in [3.8, 4) is 0 Å². The van der Waals surface area contributed by atoms with Crippen LogP contribution in [0.5, 0.6) is 0 Å². The Morgan fingerprint density at radius 2 is 1.76 bits per heavy atom. The van der Waals surface area contributed by atoms with Gasteiger partial charge in [0.25, 0.3) is 5.56 Å². The van der Waals surface area contributed by atoms with Gasteiger partial charge in [-0.3, -0.25) is 14.3 Å². The van der Waals surface area contributed by atoms with Gasteiger partial charge in [0.15, 0.2) is 10.3 Å². The second-order valence-electron chi connectivity index (χ2n) is 4.30. The Kier molecular flexibility index (Phi) is 7.94. The average molecular weight is 314 g/mol. The maximum absolute atomic E-state index is 11.9.